The Kier molecular flexibility index (Phi) is 3.52. The van der Waals surface area contributed by atoms with Crippen LogP contribution in [0.3, 0.4) is 0 Å². The normalized spacial score (nSPS) is 15.3. The minimum atomic E-state index is -0.0989. The van der Waals surface area contributed by atoms with Crippen LogP contribution in [0.5, 0.6) is 0 Å². The van der Waals surface area contributed by atoms with E-state index in [-0.39, 0.29) is 5.56 Å². The van der Waals surface area contributed by atoms with Gasteiger partial charge in [-0.05, 0) is 24.6 Å². The van der Waals surface area contributed by atoms with E-state index in [4.69, 9.17) is 0 Å². The Hall–Kier alpha value is -2.14. The van der Waals surface area contributed by atoms with Gasteiger partial charge in [0.15, 0.2) is 0 Å². The predicted molar refractivity (Wildman–Crippen MR) is 79.7 cm³/mol. The lowest BCUT2D eigenvalue weighted by Crippen LogP contribution is -2.44. The third kappa shape index (κ3) is 2.44. The van der Waals surface area contributed by atoms with Crippen LogP contribution in [0, 0.1) is 6.92 Å². The van der Waals surface area contributed by atoms with Crippen LogP contribution < -0.4 is 15.8 Å². The van der Waals surface area contributed by atoms with Crippen molar-refractivity contribution in [2.24, 2.45) is 0 Å². The van der Waals surface area contributed by atoms with E-state index in [1.165, 1.54) is 4.68 Å². The van der Waals surface area contributed by atoms with Crippen LogP contribution in [0.4, 0.5) is 5.82 Å². The summed E-state index contributed by atoms with van der Waals surface area (Å²) in [6.45, 7) is 5.72. The van der Waals surface area contributed by atoms with Crippen LogP contribution in [0.15, 0.2) is 41.2 Å². The fourth-order valence-corrected chi connectivity index (χ4v) is 2.44. The van der Waals surface area contributed by atoms with Gasteiger partial charge in [-0.2, -0.15) is 4.68 Å². The Morgan fingerprint density at radius 3 is 2.60 bits per heavy atom. The number of rotatable bonds is 2. The molecule has 3 rings (SSSR count). The minimum Gasteiger partial charge on any atom is -0.353 e. The average molecular weight is 270 g/mol. The number of aromatic nitrogens is 2. The molecule has 2 heterocycles. The van der Waals surface area contributed by atoms with Gasteiger partial charge in [-0.3, -0.25) is 4.79 Å². The van der Waals surface area contributed by atoms with Crippen molar-refractivity contribution < 1.29 is 0 Å². The fraction of sp³-hybridized carbons (Fsp3) is 0.333. The van der Waals surface area contributed by atoms with Crippen molar-refractivity contribution in [3.8, 4) is 5.69 Å². The highest BCUT2D eigenvalue weighted by atomic mass is 16.1. The highest BCUT2D eigenvalue weighted by Crippen LogP contribution is 2.13. The molecule has 1 aromatic heterocycles. The van der Waals surface area contributed by atoms with Crippen LogP contribution in [-0.2, 0) is 0 Å². The number of para-hydroxylation sites is 1. The Balaban J connectivity index is 2.03. The summed E-state index contributed by atoms with van der Waals surface area (Å²) in [6.07, 6.45) is 0. The van der Waals surface area contributed by atoms with Gasteiger partial charge in [0.1, 0.15) is 5.82 Å². The molecule has 0 atom stereocenters. The van der Waals surface area contributed by atoms with Gasteiger partial charge in [-0.15, -0.1) is 5.10 Å². The van der Waals surface area contributed by atoms with Crippen molar-refractivity contribution in [1.82, 2.24) is 15.1 Å². The van der Waals surface area contributed by atoms with Crippen molar-refractivity contribution in [2.45, 2.75) is 6.92 Å². The molecular weight excluding hydrogens is 252 g/mol. The summed E-state index contributed by atoms with van der Waals surface area (Å²) in [7, 11) is 0. The second-order valence-electron chi connectivity index (χ2n) is 4.97. The molecule has 1 aromatic carbocycles. The maximum absolute atomic E-state index is 12.1. The van der Waals surface area contributed by atoms with Crippen LogP contribution in [-0.4, -0.2) is 36.0 Å². The molecule has 1 N–H and O–H groups in total. The predicted octanol–water partition coefficient (Wildman–Crippen LogP) is 0.951. The maximum atomic E-state index is 12.1. The topological polar surface area (TPSA) is 50.2 Å². The van der Waals surface area contributed by atoms with Crippen molar-refractivity contribution >= 4 is 5.82 Å². The highest BCUT2D eigenvalue weighted by molar-refractivity contribution is 5.42. The third-order valence-electron chi connectivity index (χ3n) is 3.57. The number of nitrogens with one attached hydrogen (secondary N) is 1. The average Bonchev–Trinajstić information content (AvgIpc) is 2.49. The third-order valence-corrected chi connectivity index (χ3v) is 3.57. The Morgan fingerprint density at radius 1 is 1.10 bits per heavy atom. The van der Waals surface area contributed by atoms with Crippen LogP contribution in [0.1, 0.15) is 5.56 Å². The molecule has 5 nitrogen and oxygen atoms in total. The smallest absolute Gasteiger partial charge is 0.271 e. The fourth-order valence-electron chi connectivity index (χ4n) is 2.44. The molecule has 0 saturated carbocycles. The molecule has 0 spiro atoms. The molecule has 1 fully saturated rings. The second kappa shape index (κ2) is 5.46. The first-order chi connectivity index (χ1) is 9.75. The molecule has 1 saturated heterocycles. The van der Waals surface area contributed by atoms with E-state index in [2.05, 4.69) is 15.3 Å². The standard InChI is InChI=1S/C15H18N4O/c1-12-4-2-3-5-13(12)19-15(20)7-6-14(17-19)18-10-8-16-9-11-18/h2-7,16H,8-11H2,1H3. The lowest BCUT2D eigenvalue weighted by molar-refractivity contribution is 0.579. The first-order valence-corrected chi connectivity index (χ1v) is 6.88. The summed E-state index contributed by atoms with van der Waals surface area (Å²) in [5.41, 5.74) is 1.78. The second-order valence-corrected chi connectivity index (χ2v) is 4.97. The van der Waals surface area contributed by atoms with E-state index in [1.807, 2.05) is 37.3 Å². The van der Waals surface area contributed by atoms with E-state index < -0.39 is 0 Å². The molecule has 0 amide bonds. The lowest BCUT2D eigenvalue weighted by atomic mass is 10.2. The zero-order chi connectivity index (χ0) is 13.9. The van der Waals surface area contributed by atoms with Gasteiger partial charge in [0, 0.05) is 32.2 Å². The molecule has 0 unspecified atom stereocenters. The number of piperazine rings is 1. The molecule has 1 aliphatic heterocycles. The number of anilines is 1. The quantitative estimate of drug-likeness (QED) is 0.883. The number of aryl methyl sites for hydroxylation is 1. The first-order valence-electron chi connectivity index (χ1n) is 6.88. The highest BCUT2D eigenvalue weighted by Gasteiger charge is 2.13. The molecular formula is C15H18N4O. The lowest BCUT2D eigenvalue weighted by Gasteiger charge is -2.28. The minimum absolute atomic E-state index is 0.0989. The first kappa shape index (κ1) is 12.9. The molecule has 5 heteroatoms. The summed E-state index contributed by atoms with van der Waals surface area (Å²) in [4.78, 5) is 14.3. The van der Waals surface area contributed by atoms with Crippen molar-refractivity contribution in [3.63, 3.8) is 0 Å². The Bertz CT molecular complexity index is 659. The van der Waals surface area contributed by atoms with E-state index >= 15 is 0 Å². The number of hydrogen-bond donors (Lipinski definition) is 1. The Morgan fingerprint density at radius 2 is 1.85 bits per heavy atom. The molecule has 2 aromatic rings. The van der Waals surface area contributed by atoms with Gasteiger partial charge in [0.05, 0.1) is 5.69 Å². The zero-order valence-electron chi connectivity index (χ0n) is 11.5. The summed E-state index contributed by atoms with van der Waals surface area (Å²) < 4.78 is 1.49. The molecule has 0 aliphatic carbocycles. The molecule has 1 aliphatic rings. The van der Waals surface area contributed by atoms with Crippen LogP contribution in [0.25, 0.3) is 5.69 Å². The number of nitrogens with zero attached hydrogens (tertiary/aromatic N) is 3. The van der Waals surface area contributed by atoms with E-state index in [1.54, 1.807) is 6.07 Å². The van der Waals surface area contributed by atoms with Crippen LogP contribution >= 0.6 is 0 Å². The van der Waals surface area contributed by atoms with Gasteiger partial charge in [-0.1, -0.05) is 18.2 Å². The summed E-state index contributed by atoms with van der Waals surface area (Å²) in [5, 5.41) is 7.84. The SMILES string of the molecule is Cc1ccccc1-n1nc(N2CCNCC2)ccc1=O. The number of benzene rings is 1. The zero-order valence-corrected chi connectivity index (χ0v) is 11.5. The number of hydrogen-bond acceptors (Lipinski definition) is 4. The molecule has 20 heavy (non-hydrogen) atoms. The van der Waals surface area contributed by atoms with Gasteiger partial charge < -0.3 is 10.2 Å². The molecule has 0 bridgehead atoms. The largest absolute Gasteiger partial charge is 0.353 e. The van der Waals surface area contributed by atoms with Gasteiger partial charge >= 0.3 is 0 Å². The van der Waals surface area contributed by atoms with Crippen LogP contribution in [0.2, 0.25) is 0 Å². The maximum Gasteiger partial charge on any atom is 0.271 e. The van der Waals surface area contributed by atoms with E-state index in [0.717, 1.165) is 43.2 Å². The van der Waals surface area contributed by atoms with Gasteiger partial charge in [-0.25, -0.2) is 0 Å². The Labute approximate surface area is 117 Å². The van der Waals surface area contributed by atoms with E-state index in [0.29, 0.717) is 0 Å². The van der Waals surface area contributed by atoms with Gasteiger partial charge in [0.25, 0.3) is 5.56 Å². The molecule has 104 valence electrons. The molecule has 0 radical (unpaired) electrons. The van der Waals surface area contributed by atoms with E-state index in [9.17, 15) is 4.79 Å². The van der Waals surface area contributed by atoms with Crippen molar-refractivity contribution in [1.29, 1.82) is 0 Å². The summed E-state index contributed by atoms with van der Waals surface area (Å²) in [6, 6.07) is 11.2. The van der Waals surface area contributed by atoms with Crippen molar-refractivity contribution in [2.75, 3.05) is 31.1 Å². The monoisotopic (exact) mass is 270 g/mol. The van der Waals surface area contributed by atoms with Gasteiger partial charge in [0.2, 0.25) is 0 Å². The summed E-state index contributed by atoms with van der Waals surface area (Å²) in [5.74, 6) is 0.856. The summed E-state index contributed by atoms with van der Waals surface area (Å²) >= 11 is 0. The van der Waals surface area contributed by atoms with Crippen molar-refractivity contribution in [3.05, 3.63) is 52.3 Å².